The zero-order valence-corrected chi connectivity index (χ0v) is 17.4. The van der Waals surface area contributed by atoms with Crippen molar-refractivity contribution >= 4 is 0 Å². The summed E-state index contributed by atoms with van der Waals surface area (Å²) in [5, 5.41) is 9.04. The molecule has 0 radical (unpaired) electrons. The smallest absolute Gasteiger partial charge is 0.0991 e. The fourth-order valence-corrected chi connectivity index (χ4v) is 3.89. The maximum absolute atomic E-state index is 9.04. The fourth-order valence-electron chi connectivity index (χ4n) is 3.89. The molecule has 0 aliphatic heterocycles. The number of rotatable bonds is 4. The standard InChI is InChI=1S/C30H20N2/c31-21-22-13-15-23(16-14-22)24-6-3-7-25(18-24)26-8-4-9-27(19-26)28-10-5-11-29(20-28)30-12-1-2-17-32-30/h1-20H. The van der Waals surface area contributed by atoms with Crippen LogP contribution in [0.5, 0.6) is 0 Å². The van der Waals surface area contributed by atoms with Crippen molar-refractivity contribution in [2.45, 2.75) is 0 Å². The quantitative estimate of drug-likeness (QED) is 0.307. The van der Waals surface area contributed by atoms with Crippen LogP contribution in [-0.2, 0) is 0 Å². The van der Waals surface area contributed by atoms with E-state index in [-0.39, 0.29) is 0 Å². The van der Waals surface area contributed by atoms with E-state index < -0.39 is 0 Å². The molecule has 32 heavy (non-hydrogen) atoms. The molecule has 0 atom stereocenters. The molecular formula is C30H20N2. The number of benzene rings is 4. The van der Waals surface area contributed by atoms with Crippen molar-refractivity contribution in [3.8, 4) is 50.7 Å². The lowest BCUT2D eigenvalue weighted by Crippen LogP contribution is -1.86. The minimum Gasteiger partial charge on any atom is -0.256 e. The lowest BCUT2D eigenvalue weighted by molar-refractivity contribution is 1.33. The van der Waals surface area contributed by atoms with E-state index in [1.54, 1.807) is 0 Å². The topological polar surface area (TPSA) is 36.7 Å². The van der Waals surface area contributed by atoms with E-state index >= 15 is 0 Å². The van der Waals surface area contributed by atoms with Crippen molar-refractivity contribution in [3.05, 3.63) is 127 Å². The van der Waals surface area contributed by atoms with Crippen LogP contribution in [0.4, 0.5) is 0 Å². The Morgan fingerprint density at radius 1 is 0.469 bits per heavy atom. The van der Waals surface area contributed by atoms with E-state index in [1.165, 1.54) is 16.7 Å². The van der Waals surface area contributed by atoms with Crippen molar-refractivity contribution < 1.29 is 0 Å². The second-order valence-electron chi connectivity index (χ2n) is 7.65. The Labute approximate surface area is 188 Å². The molecule has 1 aromatic heterocycles. The van der Waals surface area contributed by atoms with Gasteiger partial charge in [0.25, 0.3) is 0 Å². The third kappa shape index (κ3) is 4.05. The first-order valence-corrected chi connectivity index (χ1v) is 10.5. The summed E-state index contributed by atoms with van der Waals surface area (Å²) < 4.78 is 0. The summed E-state index contributed by atoms with van der Waals surface area (Å²) in [4.78, 5) is 4.48. The molecule has 0 saturated heterocycles. The summed E-state index contributed by atoms with van der Waals surface area (Å²) in [6.07, 6.45) is 1.82. The summed E-state index contributed by atoms with van der Waals surface area (Å²) in [5.41, 5.74) is 9.65. The van der Waals surface area contributed by atoms with Gasteiger partial charge in [-0.3, -0.25) is 4.98 Å². The fraction of sp³-hybridized carbons (Fsp3) is 0. The van der Waals surface area contributed by atoms with Gasteiger partial charge in [0.15, 0.2) is 0 Å². The van der Waals surface area contributed by atoms with Crippen LogP contribution in [0.25, 0.3) is 44.6 Å². The molecule has 0 aliphatic rings. The number of pyridine rings is 1. The summed E-state index contributed by atoms with van der Waals surface area (Å²) in [6, 6.07) is 41.5. The van der Waals surface area contributed by atoms with Crippen molar-refractivity contribution in [2.24, 2.45) is 0 Å². The Morgan fingerprint density at radius 3 is 1.47 bits per heavy atom. The molecule has 5 rings (SSSR count). The Bertz CT molecular complexity index is 1410. The van der Waals surface area contributed by atoms with Crippen LogP contribution in [-0.4, -0.2) is 4.98 Å². The normalized spacial score (nSPS) is 10.5. The Balaban J connectivity index is 1.49. The molecule has 0 saturated carbocycles. The van der Waals surface area contributed by atoms with Crippen molar-refractivity contribution in [3.63, 3.8) is 0 Å². The van der Waals surface area contributed by atoms with Crippen molar-refractivity contribution in [2.75, 3.05) is 0 Å². The lowest BCUT2D eigenvalue weighted by Gasteiger charge is -2.10. The maximum atomic E-state index is 9.04. The highest BCUT2D eigenvalue weighted by Crippen LogP contribution is 2.31. The van der Waals surface area contributed by atoms with Gasteiger partial charge in [-0.05, 0) is 75.8 Å². The molecule has 150 valence electrons. The average molecular weight is 409 g/mol. The summed E-state index contributed by atoms with van der Waals surface area (Å²) >= 11 is 0. The molecule has 0 fully saturated rings. The van der Waals surface area contributed by atoms with Crippen LogP contribution in [0.3, 0.4) is 0 Å². The van der Waals surface area contributed by atoms with Crippen LogP contribution in [0.2, 0.25) is 0 Å². The molecule has 2 nitrogen and oxygen atoms in total. The van der Waals surface area contributed by atoms with Gasteiger partial charge in [0, 0.05) is 11.8 Å². The van der Waals surface area contributed by atoms with E-state index in [2.05, 4.69) is 83.8 Å². The highest BCUT2D eigenvalue weighted by Gasteiger charge is 2.06. The highest BCUT2D eigenvalue weighted by molar-refractivity contribution is 5.78. The first-order valence-electron chi connectivity index (χ1n) is 10.5. The second-order valence-corrected chi connectivity index (χ2v) is 7.65. The van der Waals surface area contributed by atoms with Crippen LogP contribution < -0.4 is 0 Å². The maximum Gasteiger partial charge on any atom is 0.0991 e. The Hall–Kier alpha value is -4.48. The molecule has 1 heterocycles. The van der Waals surface area contributed by atoms with Gasteiger partial charge in [-0.25, -0.2) is 0 Å². The van der Waals surface area contributed by atoms with Crippen LogP contribution in [0.1, 0.15) is 5.56 Å². The predicted octanol–water partition coefficient (Wildman–Crippen LogP) is 7.62. The monoisotopic (exact) mass is 408 g/mol. The average Bonchev–Trinajstić information content (AvgIpc) is 2.89. The number of hydrogen-bond acceptors (Lipinski definition) is 2. The van der Waals surface area contributed by atoms with Gasteiger partial charge in [-0.2, -0.15) is 5.26 Å². The molecule has 0 unspecified atom stereocenters. The van der Waals surface area contributed by atoms with Gasteiger partial charge in [0.05, 0.1) is 17.3 Å². The van der Waals surface area contributed by atoms with Gasteiger partial charge in [-0.1, -0.05) is 72.8 Å². The molecule has 5 aromatic rings. The molecule has 0 aliphatic carbocycles. The van der Waals surface area contributed by atoms with E-state index in [0.717, 1.165) is 27.9 Å². The molecule has 0 bridgehead atoms. The largest absolute Gasteiger partial charge is 0.256 e. The molecule has 0 amide bonds. The third-order valence-electron chi connectivity index (χ3n) is 5.56. The molecule has 4 aromatic carbocycles. The summed E-state index contributed by atoms with van der Waals surface area (Å²) in [5.74, 6) is 0. The minimum atomic E-state index is 0.672. The molecule has 2 heteroatoms. The Morgan fingerprint density at radius 2 is 0.969 bits per heavy atom. The third-order valence-corrected chi connectivity index (χ3v) is 5.56. The minimum absolute atomic E-state index is 0.672. The molecule has 0 N–H and O–H groups in total. The number of hydrogen-bond donors (Lipinski definition) is 0. The predicted molar refractivity (Wildman–Crippen MR) is 131 cm³/mol. The molecule has 0 spiro atoms. The van der Waals surface area contributed by atoms with E-state index in [1.807, 2.05) is 48.7 Å². The Kier molecular flexibility index (Phi) is 5.31. The van der Waals surface area contributed by atoms with E-state index in [4.69, 9.17) is 5.26 Å². The lowest BCUT2D eigenvalue weighted by atomic mass is 9.95. The number of nitriles is 1. The van der Waals surface area contributed by atoms with E-state index in [9.17, 15) is 0 Å². The van der Waals surface area contributed by atoms with Gasteiger partial charge < -0.3 is 0 Å². The number of nitrogens with zero attached hydrogens (tertiary/aromatic N) is 2. The van der Waals surface area contributed by atoms with Gasteiger partial charge >= 0.3 is 0 Å². The van der Waals surface area contributed by atoms with Gasteiger partial charge in [0.2, 0.25) is 0 Å². The first-order chi connectivity index (χ1) is 15.8. The highest BCUT2D eigenvalue weighted by atomic mass is 14.7. The van der Waals surface area contributed by atoms with Crippen molar-refractivity contribution in [1.29, 1.82) is 5.26 Å². The summed E-state index contributed by atoms with van der Waals surface area (Å²) in [7, 11) is 0. The van der Waals surface area contributed by atoms with Crippen molar-refractivity contribution in [1.82, 2.24) is 4.98 Å². The van der Waals surface area contributed by atoms with Gasteiger partial charge in [-0.15, -0.1) is 0 Å². The van der Waals surface area contributed by atoms with Crippen LogP contribution in [0, 0.1) is 11.3 Å². The summed E-state index contributed by atoms with van der Waals surface area (Å²) in [6.45, 7) is 0. The number of aromatic nitrogens is 1. The SMILES string of the molecule is N#Cc1ccc(-c2cccc(-c3cccc(-c4cccc(-c5ccccn5)c4)c3)c2)cc1. The first kappa shape index (κ1) is 19.5. The van der Waals surface area contributed by atoms with E-state index in [0.29, 0.717) is 5.56 Å². The van der Waals surface area contributed by atoms with Crippen LogP contribution in [0.15, 0.2) is 121 Å². The zero-order chi connectivity index (χ0) is 21.8. The zero-order valence-electron chi connectivity index (χ0n) is 17.4. The second kappa shape index (κ2) is 8.71. The van der Waals surface area contributed by atoms with Crippen LogP contribution >= 0.6 is 0 Å². The van der Waals surface area contributed by atoms with Gasteiger partial charge in [0.1, 0.15) is 0 Å². The molecular weight excluding hydrogens is 388 g/mol.